The monoisotopic (exact) mass is 185 g/mol. The Bertz CT molecular complexity index is 134. The van der Waals surface area contributed by atoms with Gasteiger partial charge < -0.3 is 5.32 Å². The Morgan fingerprint density at radius 3 is 2.46 bits per heavy atom. The minimum Gasteiger partial charge on any atom is -0.354 e. The molecule has 13 heavy (non-hydrogen) atoms. The van der Waals surface area contributed by atoms with Crippen molar-refractivity contribution in [3.8, 4) is 0 Å². The first-order valence-corrected chi connectivity index (χ1v) is 5.50. The molecule has 0 radical (unpaired) electrons. The Morgan fingerprint density at radius 2 is 1.92 bits per heavy atom. The van der Waals surface area contributed by atoms with Gasteiger partial charge in [-0.1, -0.05) is 33.1 Å². The number of rotatable bonds is 7. The van der Waals surface area contributed by atoms with Gasteiger partial charge in [0, 0.05) is 12.5 Å². The molecule has 0 heterocycles. The molecule has 1 amide bonds. The lowest BCUT2D eigenvalue weighted by Gasteiger charge is -2.12. The summed E-state index contributed by atoms with van der Waals surface area (Å²) in [6, 6.07) is 0.352. The third-order valence-electron chi connectivity index (χ3n) is 2.13. The van der Waals surface area contributed by atoms with Crippen LogP contribution in [0, 0.1) is 0 Å². The van der Waals surface area contributed by atoms with Crippen molar-refractivity contribution >= 4 is 5.91 Å². The van der Waals surface area contributed by atoms with Crippen LogP contribution in [-0.4, -0.2) is 11.9 Å². The van der Waals surface area contributed by atoms with E-state index < -0.39 is 0 Å². The van der Waals surface area contributed by atoms with Crippen molar-refractivity contribution < 1.29 is 4.79 Å². The molecule has 0 saturated carbocycles. The van der Waals surface area contributed by atoms with Gasteiger partial charge in [-0.2, -0.15) is 0 Å². The Morgan fingerprint density at radius 1 is 1.23 bits per heavy atom. The highest BCUT2D eigenvalue weighted by molar-refractivity contribution is 5.76. The van der Waals surface area contributed by atoms with Crippen LogP contribution >= 0.6 is 0 Å². The summed E-state index contributed by atoms with van der Waals surface area (Å²) in [5.74, 6) is 0.200. The highest BCUT2D eigenvalue weighted by Crippen LogP contribution is 2.03. The molecule has 0 fully saturated rings. The maximum absolute atomic E-state index is 11.2. The van der Waals surface area contributed by atoms with Crippen molar-refractivity contribution in [2.24, 2.45) is 0 Å². The number of amides is 1. The van der Waals surface area contributed by atoms with Crippen molar-refractivity contribution in [1.29, 1.82) is 0 Å². The predicted molar refractivity (Wildman–Crippen MR) is 56.7 cm³/mol. The van der Waals surface area contributed by atoms with E-state index in [4.69, 9.17) is 0 Å². The largest absolute Gasteiger partial charge is 0.354 e. The van der Waals surface area contributed by atoms with Crippen molar-refractivity contribution in [2.45, 2.75) is 65.3 Å². The maximum Gasteiger partial charge on any atom is 0.220 e. The lowest BCUT2D eigenvalue weighted by Crippen LogP contribution is -2.32. The molecule has 0 spiro atoms. The zero-order chi connectivity index (χ0) is 10.1. The summed E-state index contributed by atoms with van der Waals surface area (Å²) in [4.78, 5) is 11.2. The number of hydrogen-bond donors (Lipinski definition) is 1. The van der Waals surface area contributed by atoms with Gasteiger partial charge in [-0.05, 0) is 19.8 Å². The van der Waals surface area contributed by atoms with Crippen LogP contribution < -0.4 is 5.32 Å². The molecule has 2 nitrogen and oxygen atoms in total. The highest BCUT2D eigenvalue weighted by Gasteiger charge is 2.04. The molecule has 1 N–H and O–H groups in total. The van der Waals surface area contributed by atoms with Gasteiger partial charge in [0.2, 0.25) is 5.91 Å². The first-order valence-electron chi connectivity index (χ1n) is 5.50. The fourth-order valence-electron chi connectivity index (χ4n) is 1.35. The molecule has 0 aliphatic heterocycles. The number of nitrogens with one attached hydrogen (secondary N) is 1. The molecule has 0 saturated heterocycles. The van der Waals surface area contributed by atoms with Gasteiger partial charge >= 0.3 is 0 Å². The minimum atomic E-state index is 0.200. The van der Waals surface area contributed by atoms with E-state index in [-0.39, 0.29) is 5.91 Å². The average molecular weight is 185 g/mol. The summed E-state index contributed by atoms with van der Waals surface area (Å²) in [7, 11) is 0. The van der Waals surface area contributed by atoms with Crippen LogP contribution in [-0.2, 0) is 4.79 Å². The summed E-state index contributed by atoms with van der Waals surface area (Å²) in [5.41, 5.74) is 0. The lowest BCUT2D eigenvalue weighted by atomic mass is 10.1. The smallest absolute Gasteiger partial charge is 0.220 e. The molecule has 0 bridgehead atoms. The predicted octanol–water partition coefficient (Wildman–Crippen LogP) is 2.87. The normalized spacial score (nSPS) is 12.5. The zero-order valence-corrected chi connectivity index (χ0v) is 9.23. The van der Waals surface area contributed by atoms with Crippen LogP contribution in [0.25, 0.3) is 0 Å². The summed E-state index contributed by atoms with van der Waals surface area (Å²) in [5, 5.41) is 3.00. The Labute approximate surface area is 82.1 Å². The Balaban J connectivity index is 3.38. The van der Waals surface area contributed by atoms with Gasteiger partial charge in [-0.3, -0.25) is 4.79 Å². The molecule has 78 valence electrons. The number of hydrogen-bond acceptors (Lipinski definition) is 1. The van der Waals surface area contributed by atoms with Crippen LogP contribution in [0.5, 0.6) is 0 Å². The highest BCUT2D eigenvalue weighted by atomic mass is 16.1. The summed E-state index contributed by atoms with van der Waals surface area (Å²) in [6.07, 6.45) is 6.46. The van der Waals surface area contributed by atoms with Crippen LogP contribution in [0.3, 0.4) is 0 Å². The second-order valence-electron chi connectivity index (χ2n) is 3.71. The SMILES string of the molecule is CCCCCC(C)NC(=O)CCC. The third kappa shape index (κ3) is 7.82. The van der Waals surface area contributed by atoms with Gasteiger partial charge in [0.15, 0.2) is 0 Å². The van der Waals surface area contributed by atoms with E-state index in [0.29, 0.717) is 12.5 Å². The van der Waals surface area contributed by atoms with E-state index >= 15 is 0 Å². The molecule has 1 unspecified atom stereocenters. The molecule has 0 aromatic rings. The summed E-state index contributed by atoms with van der Waals surface area (Å²) < 4.78 is 0. The van der Waals surface area contributed by atoms with Crippen molar-refractivity contribution in [1.82, 2.24) is 5.32 Å². The van der Waals surface area contributed by atoms with Gasteiger partial charge in [0.05, 0.1) is 0 Å². The molecule has 0 aliphatic rings. The summed E-state index contributed by atoms with van der Waals surface area (Å²) in [6.45, 7) is 6.31. The lowest BCUT2D eigenvalue weighted by molar-refractivity contribution is -0.121. The van der Waals surface area contributed by atoms with Crippen LogP contribution in [0.15, 0.2) is 0 Å². The van der Waals surface area contributed by atoms with Gasteiger partial charge in [-0.25, -0.2) is 0 Å². The molecule has 0 aromatic carbocycles. The zero-order valence-electron chi connectivity index (χ0n) is 9.23. The molecule has 0 aliphatic carbocycles. The van der Waals surface area contributed by atoms with E-state index in [1.807, 2.05) is 6.92 Å². The number of unbranched alkanes of at least 4 members (excludes halogenated alkanes) is 2. The number of carbonyl (C=O) groups excluding carboxylic acids is 1. The molecule has 0 rings (SSSR count). The Kier molecular flexibility index (Phi) is 7.76. The topological polar surface area (TPSA) is 29.1 Å². The van der Waals surface area contributed by atoms with Crippen molar-refractivity contribution in [2.75, 3.05) is 0 Å². The second-order valence-corrected chi connectivity index (χ2v) is 3.71. The third-order valence-corrected chi connectivity index (χ3v) is 2.13. The van der Waals surface area contributed by atoms with Crippen molar-refractivity contribution in [3.63, 3.8) is 0 Å². The minimum absolute atomic E-state index is 0.200. The van der Waals surface area contributed by atoms with Gasteiger partial charge in [0.1, 0.15) is 0 Å². The van der Waals surface area contributed by atoms with E-state index in [0.717, 1.165) is 12.8 Å². The van der Waals surface area contributed by atoms with Crippen LogP contribution in [0.2, 0.25) is 0 Å². The Hall–Kier alpha value is -0.530. The first-order chi connectivity index (χ1) is 6.20. The van der Waals surface area contributed by atoms with Crippen molar-refractivity contribution in [3.05, 3.63) is 0 Å². The summed E-state index contributed by atoms with van der Waals surface area (Å²) >= 11 is 0. The quantitative estimate of drug-likeness (QED) is 0.607. The molecular weight excluding hydrogens is 162 g/mol. The number of carbonyl (C=O) groups is 1. The van der Waals surface area contributed by atoms with Crippen LogP contribution in [0.4, 0.5) is 0 Å². The fourth-order valence-corrected chi connectivity index (χ4v) is 1.35. The molecule has 1 atom stereocenters. The molecule has 2 heteroatoms. The maximum atomic E-state index is 11.2. The average Bonchev–Trinajstić information content (AvgIpc) is 2.05. The second kappa shape index (κ2) is 8.09. The molecule has 0 aromatic heterocycles. The van der Waals surface area contributed by atoms with E-state index in [2.05, 4.69) is 19.2 Å². The van der Waals surface area contributed by atoms with Crippen LogP contribution in [0.1, 0.15) is 59.3 Å². The van der Waals surface area contributed by atoms with Gasteiger partial charge in [0.25, 0.3) is 0 Å². The van der Waals surface area contributed by atoms with Gasteiger partial charge in [-0.15, -0.1) is 0 Å². The first kappa shape index (κ1) is 12.5. The molecular formula is C11H23NO. The fraction of sp³-hybridized carbons (Fsp3) is 0.909. The standard InChI is InChI=1S/C11H23NO/c1-4-6-7-9-10(3)12-11(13)8-5-2/h10H,4-9H2,1-3H3,(H,12,13). The van der Waals surface area contributed by atoms with E-state index in [1.54, 1.807) is 0 Å². The van der Waals surface area contributed by atoms with E-state index in [9.17, 15) is 4.79 Å². The van der Waals surface area contributed by atoms with E-state index in [1.165, 1.54) is 19.3 Å².